The fourth-order valence-corrected chi connectivity index (χ4v) is 4.13. The SMILES string of the molecule is COC(=O)C1=CN(c2ccc(N(C)C)cc2)c2ccccc2S1(=O)=O. The number of rotatable bonds is 3. The van der Waals surface area contributed by atoms with Crippen molar-refractivity contribution in [2.45, 2.75) is 4.90 Å². The van der Waals surface area contributed by atoms with Gasteiger partial charge in [-0.1, -0.05) is 12.1 Å². The van der Waals surface area contributed by atoms with E-state index in [2.05, 4.69) is 4.74 Å². The van der Waals surface area contributed by atoms with Gasteiger partial charge in [-0.15, -0.1) is 0 Å². The maximum atomic E-state index is 12.7. The van der Waals surface area contributed by atoms with Gasteiger partial charge in [-0.2, -0.15) is 0 Å². The number of sulfone groups is 1. The van der Waals surface area contributed by atoms with Crippen LogP contribution in [-0.2, 0) is 19.4 Å². The summed E-state index contributed by atoms with van der Waals surface area (Å²) in [5.41, 5.74) is 2.25. The quantitative estimate of drug-likeness (QED) is 0.786. The normalized spacial score (nSPS) is 15.2. The second-order valence-corrected chi connectivity index (χ2v) is 7.62. The number of hydrogen-bond acceptors (Lipinski definition) is 6. The summed E-state index contributed by atoms with van der Waals surface area (Å²) >= 11 is 0. The number of para-hydroxylation sites is 1. The lowest BCUT2D eigenvalue weighted by atomic mass is 10.2. The summed E-state index contributed by atoms with van der Waals surface area (Å²) in [4.78, 5) is 15.4. The zero-order valence-electron chi connectivity index (χ0n) is 14.1. The smallest absolute Gasteiger partial charge is 0.351 e. The highest BCUT2D eigenvalue weighted by atomic mass is 32.2. The van der Waals surface area contributed by atoms with Crippen LogP contribution >= 0.6 is 0 Å². The highest BCUT2D eigenvalue weighted by Gasteiger charge is 2.36. The third-order valence-electron chi connectivity index (χ3n) is 3.98. The predicted molar refractivity (Wildman–Crippen MR) is 96.6 cm³/mol. The van der Waals surface area contributed by atoms with E-state index in [1.807, 2.05) is 43.3 Å². The molecular weight excluding hydrogens is 340 g/mol. The fraction of sp³-hybridized carbons (Fsp3) is 0.167. The topological polar surface area (TPSA) is 66.9 Å². The summed E-state index contributed by atoms with van der Waals surface area (Å²) < 4.78 is 30.1. The van der Waals surface area contributed by atoms with Gasteiger partial charge in [-0.25, -0.2) is 13.2 Å². The highest BCUT2D eigenvalue weighted by Crippen LogP contribution is 2.39. The Kier molecular flexibility index (Phi) is 4.26. The van der Waals surface area contributed by atoms with E-state index in [0.29, 0.717) is 5.69 Å². The van der Waals surface area contributed by atoms with Gasteiger partial charge in [-0.3, -0.25) is 0 Å². The van der Waals surface area contributed by atoms with Crippen molar-refractivity contribution in [1.82, 2.24) is 0 Å². The number of esters is 1. The van der Waals surface area contributed by atoms with Gasteiger partial charge in [0.25, 0.3) is 0 Å². The molecular formula is C18H18N2O4S. The molecule has 0 aromatic heterocycles. The van der Waals surface area contributed by atoms with Crippen LogP contribution in [0.1, 0.15) is 0 Å². The highest BCUT2D eigenvalue weighted by molar-refractivity contribution is 7.96. The molecule has 1 heterocycles. The Labute approximate surface area is 146 Å². The van der Waals surface area contributed by atoms with Crippen LogP contribution in [0.15, 0.2) is 64.5 Å². The van der Waals surface area contributed by atoms with Gasteiger partial charge in [0, 0.05) is 31.7 Å². The Morgan fingerprint density at radius 2 is 1.68 bits per heavy atom. The predicted octanol–water partition coefficient (Wildman–Crippen LogP) is 2.69. The molecule has 0 N–H and O–H groups in total. The molecule has 0 spiro atoms. The second kappa shape index (κ2) is 6.25. The molecule has 0 aliphatic carbocycles. The van der Waals surface area contributed by atoms with E-state index in [0.717, 1.165) is 18.5 Å². The number of nitrogens with zero attached hydrogens (tertiary/aromatic N) is 2. The molecule has 0 saturated heterocycles. The molecule has 2 aromatic rings. The van der Waals surface area contributed by atoms with Gasteiger partial charge in [0.15, 0.2) is 4.91 Å². The van der Waals surface area contributed by atoms with Gasteiger partial charge < -0.3 is 14.5 Å². The summed E-state index contributed by atoms with van der Waals surface area (Å²) in [5.74, 6) is -0.885. The number of hydrogen-bond donors (Lipinski definition) is 0. The number of fused-ring (bicyclic) bond motifs is 1. The zero-order valence-corrected chi connectivity index (χ0v) is 14.9. The molecule has 7 heteroatoms. The van der Waals surface area contributed by atoms with Gasteiger partial charge in [0.1, 0.15) is 0 Å². The van der Waals surface area contributed by atoms with E-state index in [9.17, 15) is 13.2 Å². The van der Waals surface area contributed by atoms with Crippen molar-refractivity contribution in [2.24, 2.45) is 0 Å². The molecule has 1 aliphatic rings. The molecule has 0 unspecified atom stereocenters. The number of methoxy groups -OCH3 is 1. The molecule has 2 aromatic carbocycles. The number of ether oxygens (including phenoxy) is 1. The first kappa shape index (κ1) is 17.0. The molecule has 0 bridgehead atoms. The first-order valence-corrected chi connectivity index (χ1v) is 9.05. The molecule has 25 heavy (non-hydrogen) atoms. The molecule has 0 radical (unpaired) electrons. The van der Waals surface area contributed by atoms with Crippen molar-refractivity contribution in [3.63, 3.8) is 0 Å². The average Bonchev–Trinajstić information content (AvgIpc) is 2.61. The van der Waals surface area contributed by atoms with Gasteiger partial charge in [0.05, 0.1) is 17.7 Å². The average molecular weight is 358 g/mol. The molecule has 130 valence electrons. The Hall–Kier alpha value is -2.80. The third-order valence-corrected chi connectivity index (χ3v) is 5.76. The largest absolute Gasteiger partial charge is 0.465 e. The Morgan fingerprint density at radius 1 is 1.04 bits per heavy atom. The first-order valence-electron chi connectivity index (χ1n) is 7.57. The molecule has 0 atom stereocenters. The third kappa shape index (κ3) is 2.87. The van der Waals surface area contributed by atoms with E-state index >= 15 is 0 Å². The molecule has 3 rings (SSSR count). The standard InChI is InChI=1S/C18H18N2O4S/c1-19(2)13-8-10-14(11-9-13)20-12-17(18(21)24-3)25(22,23)16-7-5-4-6-15(16)20/h4-12H,1-3H3. The summed E-state index contributed by atoms with van der Waals surface area (Å²) in [6.45, 7) is 0. The van der Waals surface area contributed by atoms with E-state index in [-0.39, 0.29) is 9.80 Å². The van der Waals surface area contributed by atoms with Crippen LogP contribution in [0.4, 0.5) is 17.1 Å². The number of benzene rings is 2. The van der Waals surface area contributed by atoms with Crippen LogP contribution in [-0.4, -0.2) is 35.6 Å². The lowest BCUT2D eigenvalue weighted by Crippen LogP contribution is -2.26. The maximum absolute atomic E-state index is 12.7. The van der Waals surface area contributed by atoms with Gasteiger partial charge in [0.2, 0.25) is 9.84 Å². The van der Waals surface area contributed by atoms with Crippen LogP contribution < -0.4 is 9.80 Å². The number of anilines is 3. The minimum atomic E-state index is -3.92. The van der Waals surface area contributed by atoms with E-state index < -0.39 is 15.8 Å². The van der Waals surface area contributed by atoms with Crippen molar-refractivity contribution < 1.29 is 17.9 Å². The lowest BCUT2D eigenvalue weighted by molar-refractivity contribution is -0.135. The van der Waals surface area contributed by atoms with Crippen molar-refractivity contribution in [1.29, 1.82) is 0 Å². The number of carbonyl (C=O) groups is 1. The Balaban J connectivity index is 2.19. The van der Waals surface area contributed by atoms with Crippen LogP contribution in [0.25, 0.3) is 0 Å². The van der Waals surface area contributed by atoms with Crippen LogP contribution in [0.2, 0.25) is 0 Å². The minimum Gasteiger partial charge on any atom is -0.465 e. The first-order chi connectivity index (χ1) is 11.9. The van der Waals surface area contributed by atoms with E-state index in [1.54, 1.807) is 23.1 Å². The molecule has 6 nitrogen and oxygen atoms in total. The monoisotopic (exact) mass is 358 g/mol. The maximum Gasteiger partial charge on any atom is 0.351 e. The Morgan fingerprint density at radius 3 is 2.28 bits per heavy atom. The van der Waals surface area contributed by atoms with Crippen molar-refractivity contribution in [2.75, 3.05) is 31.0 Å². The molecule has 0 amide bonds. The summed E-state index contributed by atoms with van der Waals surface area (Å²) in [5, 5.41) is 0. The van der Waals surface area contributed by atoms with Crippen molar-refractivity contribution in [3.8, 4) is 0 Å². The van der Waals surface area contributed by atoms with Crippen molar-refractivity contribution >= 4 is 32.9 Å². The number of carbonyl (C=O) groups excluding carboxylic acids is 1. The van der Waals surface area contributed by atoms with Crippen LogP contribution in [0, 0.1) is 0 Å². The minimum absolute atomic E-state index is 0.0783. The summed E-state index contributed by atoms with van der Waals surface area (Å²) in [7, 11) is 1.12. The molecule has 0 saturated carbocycles. The zero-order chi connectivity index (χ0) is 18.2. The summed E-state index contributed by atoms with van der Waals surface area (Å²) in [6.07, 6.45) is 1.31. The van der Waals surface area contributed by atoms with Crippen LogP contribution in [0.5, 0.6) is 0 Å². The van der Waals surface area contributed by atoms with E-state index in [4.69, 9.17) is 0 Å². The van der Waals surface area contributed by atoms with Gasteiger partial charge >= 0.3 is 5.97 Å². The van der Waals surface area contributed by atoms with Gasteiger partial charge in [-0.05, 0) is 36.4 Å². The fourth-order valence-electron chi connectivity index (χ4n) is 2.65. The van der Waals surface area contributed by atoms with E-state index in [1.165, 1.54) is 12.3 Å². The Bertz CT molecular complexity index is 947. The lowest BCUT2D eigenvalue weighted by Gasteiger charge is -2.28. The van der Waals surface area contributed by atoms with Crippen molar-refractivity contribution in [3.05, 3.63) is 59.6 Å². The summed E-state index contributed by atoms with van der Waals surface area (Å²) in [6, 6.07) is 14.2. The molecule has 0 fully saturated rings. The molecule has 1 aliphatic heterocycles. The second-order valence-electron chi connectivity index (χ2n) is 5.74. The van der Waals surface area contributed by atoms with Crippen LogP contribution in [0.3, 0.4) is 0 Å².